The molecule has 0 aliphatic rings. The average molecular weight is 412 g/mol. The quantitative estimate of drug-likeness (QED) is 0.585. The second-order valence-electron chi connectivity index (χ2n) is 6.48. The summed E-state index contributed by atoms with van der Waals surface area (Å²) in [6, 6.07) is 13.8. The van der Waals surface area contributed by atoms with Crippen molar-refractivity contribution in [2.45, 2.75) is 32.9 Å². The van der Waals surface area contributed by atoms with E-state index in [-0.39, 0.29) is 18.1 Å². The van der Waals surface area contributed by atoms with Crippen LogP contribution >= 0.6 is 11.3 Å². The van der Waals surface area contributed by atoms with Gasteiger partial charge in [0.2, 0.25) is 0 Å². The van der Waals surface area contributed by atoms with Crippen molar-refractivity contribution in [1.82, 2.24) is 10.3 Å². The van der Waals surface area contributed by atoms with Crippen LogP contribution in [-0.4, -0.2) is 23.0 Å². The lowest BCUT2D eigenvalue weighted by molar-refractivity contribution is -0.129. The van der Waals surface area contributed by atoms with Crippen LogP contribution < -0.4 is 5.32 Å². The Hall–Kier alpha value is -3.06. The molecule has 0 aliphatic carbocycles. The van der Waals surface area contributed by atoms with Gasteiger partial charge in [-0.25, -0.2) is 14.2 Å². The molecule has 1 atom stereocenters. The molecule has 0 saturated carbocycles. The van der Waals surface area contributed by atoms with E-state index in [4.69, 9.17) is 4.74 Å². The number of amides is 1. The Labute approximate surface area is 172 Å². The molecule has 0 radical (unpaired) electrons. The normalized spacial score (nSPS) is 11.7. The van der Waals surface area contributed by atoms with E-state index in [1.54, 1.807) is 17.5 Å². The lowest BCUT2D eigenvalue weighted by Crippen LogP contribution is -2.35. The third-order valence-corrected chi connectivity index (χ3v) is 5.25. The summed E-state index contributed by atoms with van der Waals surface area (Å²) in [5.74, 6) is -1.43. The minimum Gasteiger partial charge on any atom is -0.448 e. The number of hydrogen-bond acceptors (Lipinski definition) is 5. The minimum absolute atomic E-state index is 0.169. The van der Waals surface area contributed by atoms with Gasteiger partial charge >= 0.3 is 5.97 Å². The number of carbonyl (C=O) groups is 2. The van der Waals surface area contributed by atoms with Gasteiger partial charge in [0.15, 0.2) is 11.8 Å². The highest BCUT2D eigenvalue weighted by atomic mass is 32.1. The number of ether oxygens (including phenoxy) is 1. The maximum absolute atomic E-state index is 12.9. The Balaban J connectivity index is 1.55. The van der Waals surface area contributed by atoms with Gasteiger partial charge in [-0.15, -0.1) is 11.3 Å². The molecule has 0 unspecified atom stereocenters. The third kappa shape index (κ3) is 5.48. The molecule has 0 spiro atoms. The first-order chi connectivity index (χ1) is 14.0. The van der Waals surface area contributed by atoms with Crippen LogP contribution in [0.15, 0.2) is 53.9 Å². The Bertz CT molecular complexity index is 984. The molecule has 3 aromatic rings. The highest BCUT2D eigenvalue weighted by Gasteiger charge is 2.21. The molecule has 1 N–H and O–H groups in total. The second-order valence-corrected chi connectivity index (χ2v) is 7.34. The Kier molecular flexibility index (Phi) is 6.72. The molecule has 0 bridgehead atoms. The topological polar surface area (TPSA) is 68.3 Å². The lowest BCUT2D eigenvalue weighted by atomic mass is 10.1. The molecule has 150 valence electrons. The van der Waals surface area contributed by atoms with Crippen LogP contribution in [0.2, 0.25) is 0 Å². The number of halogens is 1. The number of esters is 1. The molecule has 3 rings (SSSR count). The summed E-state index contributed by atoms with van der Waals surface area (Å²) in [5.41, 5.74) is 3.07. The summed E-state index contributed by atoms with van der Waals surface area (Å²) >= 11 is 1.35. The maximum atomic E-state index is 12.9. The van der Waals surface area contributed by atoms with Gasteiger partial charge in [-0.2, -0.15) is 0 Å². The number of aromatic nitrogens is 1. The summed E-state index contributed by atoms with van der Waals surface area (Å²) in [4.78, 5) is 28.8. The maximum Gasteiger partial charge on any atom is 0.358 e. The smallest absolute Gasteiger partial charge is 0.358 e. The molecule has 1 aromatic heterocycles. The van der Waals surface area contributed by atoms with Gasteiger partial charge in [-0.1, -0.05) is 43.3 Å². The van der Waals surface area contributed by atoms with Gasteiger partial charge in [-0.05, 0) is 36.6 Å². The van der Waals surface area contributed by atoms with Gasteiger partial charge in [-0.3, -0.25) is 4.79 Å². The summed E-state index contributed by atoms with van der Waals surface area (Å²) < 4.78 is 18.1. The highest BCUT2D eigenvalue weighted by Crippen LogP contribution is 2.24. The fraction of sp³-hybridized carbons (Fsp3) is 0.227. The molecule has 0 saturated heterocycles. The Morgan fingerprint density at radius 3 is 2.41 bits per heavy atom. The lowest BCUT2D eigenvalue weighted by Gasteiger charge is -2.12. The Morgan fingerprint density at radius 2 is 1.76 bits per heavy atom. The SMILES string of the molecule is CCc1ccc(-c2nc(C(=O)O[C@@H](C)C(=O)NCc3ccc(F)cc3)cs2)cc1. The highest BCUT2D eigenvalue weighted by molar-refractivity contribution is 7.13. The van der Waals surface area contributed by atoms with Crippen LogP contribution in [0.5, 0.6) is 0 Å². The predicted molar refractivity (Wildman–Crippen MR) is 110 cm³/mol. The predicted octanol–water partition coefficient (Wildman–Crippen LogP) is 4.37. The number of carbonyl (C=O) groups excluding carboxylic acids is 2. The van der Waals surface area contributed by atoms with Crippen LogP contribution in [0, 0.1) is 5.82 Å². The molecular formula is C22H21FN2O3S. The molecule has 0 fully saturated rings. The fourth-order valence-electron chi connectivity index (χ4n) is 2.59. The molecule has 2 aromatic carbocycles. The molecule has 7 heteroatoms. The molecular weight excluding hydrogens is 391 g/mol. The monoisotopic (exact) mass is 412 g/mol. The number of rotatable bonds is 7. The summed E-state index contributed by atoms with van der Waals surface area (Å²) in [6.07, 6.45) is -0.0199. The summed E-state index contributed by atoms with van der Waals surface area (Å²) in [6.45, 7) is 3.80. The minimum atomic E-state index is -0.975. The standard InChI is InChI=1S/C22H21FN2O3S/c1-3-15-4-8-17(9-5-15)21-25-19(13-29-21)22(27)28-14(2)20(26)24-12-16-6-10-18(23)11-7-16/h4-11,13-14H,3,12H2,1-2H3,(H,24,26)/t14-/m0/s1. The first-order valence-electron chi connectivity index (χ1n) is 9.24. The zero-order chi connectivity index (χ0) is 20.8. The number of thiazole rings is 1. The van der Waals surface area contributed by atoms with E-state index in [0.29, 0.717) is 5.01 Å². The molecule has 29 heavy (non-hydrogen) atoms. The van der Waals surface area contributed by atoms with E-state index in [9.17, 15) is 14.0 Å². The van der Waals surface area contributed by atoms with Gasteiger partial charge < -0.3 is 10.1 Å². The van der Waals surface area contributed by atoms with E-state index in [1.807, 2.05) is 24.3 Å². The average Bonchev–Trinajstić information content (AvgIpc) is 3.23. The van der Waals surface area contributed by atoms with E-state index in [1.165, 1.54) is 36.0 Å². The van der Waals surface area contributed by atoms with Crippen molar-refractivity contribution in [2.75, 3.05) is 0 Å². The van der Waals surface area contributed by atoms with Crippen LogP contribution in [0.3, 0.4) is 0 Å². The van der Waals surface area contributed by atoms with Gasteiger partial charge in [0.25, 0.3) is 5.91 Å². The van der Waals surface area contributed by atoms with Crippen molar-refractivity contribution in [3.05, 3.63) is 76.5 Å². The number of nitrogens with zero attached hydrogens (tertiary/aromatic N) is 1. The largest absolute Gasteiger partial charge is 0.448 e. The number of hydrogen-bond donors (Lipinski definition) is 1. The van der Waals surface area contributed by atoms with E-state index in [0.717, 1.165) is 17.5 Å². The van der Waals surface area contributed by atoms with Crippen LogP contribution in [0.25, 0.3) is 10.6 Å². The fourth-order valence-corrected chi connectivity index (χ4v) is 3.39. The van der Waals surface area contributed by atoms with Gasteiger partial charge in [0, 0.05) is 17.5 Å². The van der Waals surface area contributed by atoms with Crippen LogP contribution in [-0.2, 0) is 22.5 Å². The van der Waals surface area contributed by atoms with E-state index < -0.39 is 18.0 Å². The first-order valence-corrected chi connectivity index (χ1v) is 10.1. The van der Waals surface area contributed by atoms with E-state index in [2.05, 4.69) is 17.2 Å². The first kappa shape index (κ1) is 20.7. The molecule has 1 amide bonds. The van der Waals surface area contributed by atoms with E-state index >= 15 is 0 Å². The molecule has 0 aliphatic heterocycles. The summed E-state index contributed by atoms with van der Waals surface area (Å²) in [5, 5.41) is 5.00. The van der Waals surface area contributed by atoms with Crippen molar-refractivity contribution in [3.63, 3.8) is 0 Å². The van der Waals surface area contributed by atoms with Crippen molar-refractivity contribution >= 4 is 23.2 Å². The third-order valence-electron chi connectivity index (χ3n) is 4.36. The van der Waals surface area contributed by atoms with Crippen molar-refractivity contribution in [1.29, 1.82) is 0 Å². The summed E-state index contributed by atoms with van der Waals surface area (Å²) in [7, 11) is 0. The van der Waals surface area contributed by atoms with Gasteiger partial charge in [0.05, 0.1) is 0 Å². The molecule has 5 nitrogen and oxygen atoms in total. The zero-order valence-electron chi connectivity index (χ0n) is 16.1. The van der Waals surface area contributed by atoms with Crippen molar-refractivity contribution < 1.29 is 18.7 Å². The Morgan fingerprint density at radius 1 is 1.10 bits per heavy atom. The van der Waals surface area contributed by atoms with Crippen LogP contribution in [0.1, 0.15) is 35.5 Å². The number of benzene rings is 2. The number of aryl methyl sites for hydroxylation is 1. The van der Waals surface area contributed by atoms with Crippen LogP contribution in [0.4, 0.5) is 4.39 Å². The number of nitrogens with one attached hydrogen (secondary N) is 1. The molecule has 1 heterocycles. The van der Waals surface area contributed by atoms with Crippen molar-refractivity contribution in [3.8, 4) is 10.6 Å². The van der Waals surface area contributed by atoms with Gasteiger partial charge in [0.1, 0.15) is 10.8 Å². The van der Waals surface area contributed by atoms with Crippen molar-refractivity contribution in [2.24, 2.45) is 0 Å². The zero-order valence-corrected chi connectivity index (χ0v) is 17.0. The second kappa shape index (κ2) is 9.43.